The molecule has 0 spiro atoms. The van der Waals surface area contributed by atoms with Gasteiger partial charge in [0.15, 0.2) is 0 Å². The molecule has 0 aliphatic rings. The third kappa shape index (κ3) is 4.24. The van der Waals surface area contributed by atoms with Crippen molar-refractivity contribution in [2.45, 2.75) is 19.9 Å². The lowest BCUT2D eigenvalue weighted by atomic mass is 10.3. The van der Waals surface area contributed by atoms with Crippen LogP contribution in [0.3, 0.4) is 0 Å². The third-order valence-corrected chi connectivity index (χ3v) is 3.11. The normalized spacial score (nSPS) is 10.5. The second-order valence-electron chi connectivity index (χ2n) is 4.78. The van der Waals surface area contributed by atoms with Crippen LogP contribution in [0.2, 0.25) is 0 Å². The van der Waals surface area contributed by atoms with Crippen molar-refractivity contribution in [1.29, 1.82) is 0 Å². The van der Waals surface area contributed by atoms with Crippen molar-refractivity contribution in [2.24, 2.45) is 0 Å². The largest absolute Gasteiger partial charge is 0.354 e. The molecule has 0 unspecified atom stereocenters. The smallest absolute Gasteiger partial charge is 0.324 e. The van der Waals surface area contributed by atoms with Gasteiger partial charge in [-0.2, -0.15) is 5.10 Å². The zero-order valence-corrected chi connectivity index (χ0v) is 13.0. The first kappa shape index (κ1) is 17.3. The van der Waals surface area contributed by atoms with Crippen molar-refractivity contribution < 1.29 is 18.4 Å². The van der Waals surface area contributed by atoms with Crippen LogP contribution in [-0.2, 0) is 6.54 Å². The summed E-state index contributed by atoms with van der Waals surface area (Å²) in [6.07, 6.45) is -1.26. The molecule has 2 aromatic rings. The molecule has 0 radical (unpaired) electrons. The van der Waals surface area contributed by atoms with E-state index in [9.17, 15) is 18.4 Å². The number of rotatable bonds is 5. The molecule has 24 heavy (non-hydrogen) atoms. The number of alkyl halides is 2. The number of halogens is 2. The Morgan fingerprint density at radius 3 is 2.71 bits per heavy atom. The lowest BCUT2D eigenvalue weighted by Gasteiger charge is -2.08. The van der Waals surface area contributed by atoms with E-state index in [1.807, 2.05) is 0 Å². The number of aromatic nitrogens is 3. The number of carbonyl (C=O) groups excluding carboxylic acids is 2. The van der Waals surface area contributed by atoms with Crippen LogP contribution in [0.25, 0.3) is 0 Å². The monoisotopic (exact) mass is 338 g/mol. The number of urea groups is 1. The summed E-state index contributed by atoms with van der Waals surface area (Å²) >= 11 is 0. The quantitative estimate of drug-likeness (QED) is 0.774. The summed E-state index contributed by atoms with van der Waals surface area (Å²) in [7, 11) is 1.47. The second-order valence-corrected chi connectivity index (χ2v) is 4.78. The van der Waals surface area contributed by atoms with Gasteiger partial charge >= 0.3 is 6.03 Å². The summed E-state index contributed by atoms with van der Waals surface area (Å²) in [4.78, 5) is 27.5. The Morgan fingerprint density at radius 1 is 1.29 bits per heavy atom. The van der Waals surface area contributed by atoms with Crippen LogP contribution in [-0.4, -0.2) is 40.2 Å². The number of carbonyl (C=O) groups is 2. The van der Waals surface area contributed by atoms with E-state index in [4.69, 9.17) is 0 Å². The predicted octanol–water partition coefficient (Wildman–Crippen LogP) is 1.86. The maximum Gasteiger partial charge on any atom is 0.324 e. The Hall–Kier alpha value is -3.04. The van der Waals surface area contributed by atoms with Crippen LogP contribution in [0.1, 0.15) is 16.2 Å². The number of hydrogen-bond donors (Lipinski definition) is 3. The first-order valence-electron chi connectivity index (χ1n) is 6.98. The van der Waals surface area contributed by atoms with E-state index in [2.05, 4.69) is 26.0 Å². The van der Waals surface area contributed by atoms with E-state index in [1.165, 1.54) is 25.4 Å². The molecular weight excluding hydrogens is 322 g/mol. The summed E-state index contributed by atoms with van der Waals surface area (Å²) in [5, 5.41) is 11.2. The Bertz CT molecular complexity index is 747. The molecule has 0 aliphatic heterocycles. The number of amides is 3. The van der Waals surface area contributed by atoms with Gasteiger partial charge in [0.05, 0.1) is 17.6 Å². The van der Waals surface area contributed by atoms with E-state index in [1.54, 1.807) is 13.0 Å². The van der Waals surface area contributed by atoms with Gasteiger partial charge in [-0.3, -0.25) is 14.8 Å². The SMILES string of the molecule is CNC(=O)c1cccc(NC(=O)Nc2cnn(CC(F)F)c2C)n1. The molecule has 2 heterocycles. The maximum atomic E-state index is 12.4. The Balaban J connectivity index is 2.04. The highest BCUT2D eigenvalue weighted by atomic mass is 19.3. The number of anilines is 2. The van der Waals surface area contributed by atoms with Gasteiger partial charge in [0.1, 0.15) is 18.1 Å². The Labute approximate surface area is 136 Å². The molecule has 0 fully saturated rings. The third-order valence-electron chi connectivity index (χ3n) is 3.11. The van der Waals surface area contributed by atoms with E-state index in [0.29, 0.717) is 11.4 Å². The fourth-order valence-corrected chi connectivity index (χ4v) is 1.91. The molecule has 0 aliphatic carbocycles. The summed E-state index contributed by atoms with van der Waals surface area (Å²) < 4.78 is 25.9. The molecule has 2 rings (SSSR count). The van der Waals surface area contributed by atoms with E-state index < -0.39 is 19.0 Å². The first-order valence-corrected chi connectivity index (χ1v) is 6.98. The van der Waals surface area contributed by atoms with Crippen LogP contribution in [0.4, 0.5) is 25.1 Å². The maximum absolute atomic E-state index is 12.4. The van der Waals surface area contributed by atoms with Gasteiger partial charge < -0.3 is 10.6 Å². The summed E-state index contributed by atoms with van der Waals surface area (Å²) in [6, 6.07) is 3.95. The minimum Gasteiger partial charge on any atom is -0.354 e. The standard InChI is InChI=1S/C14H16F2N6O2/c1-8-10(6-18-22(8)7-11(15)16)20-14(24)21-12-5-3-4-9(19-12)13(23)17-2/h3-6,11H,7H2,1-2H3,(H,17,23)(H2,19,20,21,24). The zero-order valence-electron chi connectivity index (χ0n) is 13.0. The number of nitrogens with one attached hydrogen (secondary N) is 3. The van der Waals surface area contributed by atoms with Crippen molar-refractivity contribution in [2.75, 3.05) is 17.7 Å². The van der Waals surface area contributed by atoms with E-state index in [-0.39, 0.29) is 17.4 Å². The van der Waals surface area contributed by atoms with Gasteiger partial charge in [0, 0.05) is 7.05 Å². The predicted molar refractivity (Wildman–Crippen MR) is 83.2 cm³/mol. The Kier molecular flexibility index (Phi) is 5.40. The van der Waals surface area contributed by atoms with Crippen LogP contribution in [0.5, 0.6) is 0 Å². The molecule has 8 nitrogen and oxygen atoms in total. The van der Waals surface area contributed by atoms with Crippen molar-refractivity contribution in [1.82, 2.24) is 20.1 Å². The molecule has 3 N–H and O–H groups in total. The fraction of sp³-hybridized carbons (Fsp3) is 0.286. The fourth-order valence-electron chi connectivity index (χ4n) is 1.91. The van der Waals surface area contributed by atoms with Gasteiger partial charge in [-0.25, -0.2) is 18.6 Å². The number of hydrogen-bond acceptors (Lipinski definition) is 4. The first-order chi connectivity index (χ1) is 11.4. The van der Waals surface area contributed by atoms with Gasteiger partial charge in [0.2, 0.25) is 0 Å². The minimum atomic E-state index is -2.54. The van der Waals surface area contributed by atoms with Crippen molar-refractivity contribution in [3.8, 4) is 0 Å². The van der Waals surface area contributed by atoms with Crippen molar-refractivity contribution in [3.63, 3.8) is 0 Å². The van der Waals surface area contributed by atoms with Crippen LogP contribution in [0.15, 0.2) is 24.4 Å². The topological polar surface area (TPSA) is 101 Å². The van der Waals surface area contributed by atoms with Gasteiger partial charge in [-0.1, -0.05) is 6.07 Å². The molecule has 0 saturated carbocycles. The molecule has 0 bridgehead atoms. The van der Waals surface area contributed by atoms with E-state index in [0.717, 1.165) is 4.68 Å². The Morgan fingerprint density at radius 2 is 2.04 bits per heavy atom. The molecule has 0 saturated heterocycles. The molecule has 0 atom stereocenters. The van der Waals surface area contributed by atoms with Gasteiger partial charge in [0.25, 0.3) is 12.3 Å². The van der Waals surface area contributed by atoms with Gasteiger partial charge in [-0.05, 0) is 19.1 Å². The highest BCUT2D eigenvalue weighted by Gasteiger charge is 2.13. The van der Waals surface area contributed by atoms with E-state index >= 15 is 0 Å². The highest BCUT2D eigenvalue weighted by molar-refractivity contribution is 6.00. The summed E-state index contributed by atoms with van der Waals surface area (Å²) in [5.74, 6) is -0.214. The molecule has 128 valence electrons. The number of nitrogens with zero attached hydrogens (tertiary/aromatic N) is 3. The summed E-state index contributed by atoms with van der Waals surface area (Å²) in [5.41, 5.74) is 0.851. The van der Waals surface area contributed by atoms with Gasteiger partial charge in [-0.15, -0.1) is 0 Å². The average Bonchev–Trinajstić information content (AvgIpc) is 2.86. The van der Waals surface area contributed by atoms with Crippen LogP contribution >= 0.6 is 0 Å². The zero-order chi connectivity index (χ0) is 17.7. The molecular formula is C14H16F2N6O2. The molecule has 2 aromatic heterocycles. The summed E-state index contributed by atoms with van der Waals surface area (Å²) in [6.45, 7) is 1.01. The molecule has 0 aromatic carbocycles. The lowest BCUT2D eigenvalue weighted by Crippen LogP contribution is -2.23. The second kappa shape index (κ2) is 7.49. The lowest BCUT2D eigenvalue weighted by molar-refractivity contribution is 0.0958. The molecule has 3 amide bonds. The minimum absolute atomic E-state index is 0.149. The van der Waals surface area contributed by atoms with Crippen molar-refractivity contribution in [3.05, 3.63) is 35.8 Å². The number of pyridine rings is 1. The highest BCUT2D eigenvalue weighted by Crippen LogP contribution is 2.15. The van der Waals surface area contributed by atoms with Crippen molar-refractivity contribution >= 4 is 23.4 Å². The molecule has 10 heteroatoms. The van der Waals surface area contributed by atoms with Crippen LogP contribution < -0.4 is 16.0 Å². The average molecular weight is 338 g/mol. The van der Waals surface area contributed by atoms with Crippen LogP contribution in [0, 0.1) is 6.92 Å².